The molecule has 3 aromatic rings. The summed E-state index contributed by atoms with van der Waals surface area (Å²) in [4.78, 5) is 6.75. The number of thiocarbonyl (C=S) groups is 1. The number of aryl methyl sites for hydroxylation is 3. The van der Waals surface area contributed by atoms with E-state index in [9.17, 15) is 0 Å². The molecule has 0 unspecified atom stereocenters. The molecule has 1 fully saturated rings. The molecule has 0 bridgehead atoms. The summed E-state index contributed by atoms with van der Waals surface area (Å²) in [6.07, 6.45) is 1.84. The Morgan fingerprint density at radius 3 is 2.36 bits per heavy atom. The molecule has 4 rings (SSSR count). The van der Waals surface area contributed by atoms with Gasteiger partial charge in [0.2, 0.25) is 0 Å². The average molecular weight is 391 g/mol. The van der Waals surface area contributed by atoms with Crippen molar-refractivity contribution in [3.63, 3.8) is 0 Å². The van der Waals surface area contributed by atoms with E-state index < -0.39 is 0 Å². The quantitative estimate of drug-likeness (QED) is 0.657. The van der Waals surface area contributed by atoms with Crippen molar-refractivity contribution in [3.8, 4) is 5.69 Å². The average Bonchev–Trinajstić information content (AvgIpc) is 3.10. The van der Waals surface area contributed by atoms with Crippen LogP contribution in [0.25, 0.3) is 5.69 Å². The van der Waals surface area contributed by atoms with E-state index in [2.05, 4.69) is 84.8 Å². The molecule has 0 amide bonds. The predicted octanol–water partition coefficient (Wildman–Crippen LogP) is 4.71. The number of rotatable bonds is 3. The zero-order chi connectivity index (χ0) is 20.0. The maximum Gasteiger partial charge on any atom is 0.169 e. The number of nitrogens with zero attached hydrogens (tertiary/aromatic N) is 3. The van der Waals surface area contributed by atoms with Crippen molar-refractivity contribution < 1.29 is 0 Å². The number of hydrogen-bond donors (Lipinski definition) is 1. The van der Waals surface area contributed by atoms with Gasteiger partial charge >= 0.3 is 0 Å². The summed E-state index contributed by atoms with van der Waals surface area (Å²) in [6, 6.07) is 15.2. The van der Waals surface area contributed by atoms with Gasteiger partial charge in [-0.2, -0.15) is 0 Å². The number of hydrogen-bond acceptors (Lipinski definition) is 2. The third kappa shape index (κ3) is 3.10. The van der Waals surface area contributed by atoms with Crippen LogP contribution in [-0.4, -0.2) is 26.6 Å². The van der Waals surface area contributed by atoms with Crippen LogP contribution in [0, 0.1) is 27.7 Å². The number of likely N-dealkylation sites (N-methyl/N-ethyl adjacent to an activating group) is 1. The lowest BCUT2D eigenvalue weighted by molar-refractivity contribution is 0.367. The Bertz CT molecular complexity index is 1020. The summed E-state index contributed by atoms with van der Waals surface area (Å²) in [5, 5.41) is 4.23. The van der Waals surface area contributed by atoms with Crippen LogP contribution in [0.5, 0.6) is 0 Å². The topological polar surface area (TPSA) is 33.1 Å². The number of aromatic nitrogens is 2. The first kappa shape index (κ1) is 18.7. The number of pyridine rings is 1. The van der Waals surface area contributed by atoms with Gasteiger partial charge in [-0.3, -0.25) is 4.98 Å². The third-order valence-corrected chi connectivity index (χ3v) is 6.00. The van der Waals surface area contributed by atoms with Crippen molar-refractivity contribution in [2.75, 3.05) is 7.05 Å². The Labute approximate surface area is 172 Å². The van der Waals surface area contributed by atoms with Crippen LogP contribution >= 0.6 is 12.2 Å². The highest BCUT2D eigenvalue weighted by Gasteiger charge is 2.39. The molecule has 1 N–H and O–H groups in total. The minimum Gasteiger partial charge on any atom is -0.352 e. The van der Waals surface area contributed by atoms with Crippen molar-refractivity contribution >= 4 is 17.3 Å². The van der Waals surface area contributed by atoms with Crippen LogP contribution in [0.2, 0.25) is 0 Å². The second-order valence-corrected chi connectivity index (χ2v) is 8.13. The summed E-state index contributed by atoms with van der Waals surface area (Å²) >= 11 is 5.59. The molecule has 1 saturated heterocycles. The highest BCUT2D eigenvalue weighted by Crippen LogP contribution is 2.40. The molecule has 0 saturated carbocycles. The van der Waals surface area contributed by atoms with E-state index in [1.54, 1.807) is 0 Å². The SMILES string of the molecule is Cc1cc(C)cc(-n2c(C)cc([C@H]3[C@H](c4ccccn4)NC(=S)N3C)c2C)c1. The fourth-order valence-corrected chi connectivity index (χ4v) is 4.65. The lowest BCUT2D eigenvalue weighted by Gasteiger charge is -2.24. The highest BCUT2D eigenvalue weighted by molar-refractivity contribution is 7.80. The molecule has 4 nitrogen and oxygen atoms in total. The van der Waals surface area contributed by atoms with Crippen LogP contribution < -0.4 is 5.32 Å². The van der Waals surface area contributed by atoms with Gasteiger partial charge in [0.05, 0.1) is 17.8 Å². The Morgan fingerprint density at radius 2 is 1.71 bits per heavy atom. The minimum absolute atomic E-state index is 0.0342. The molecule has 28 heavy (non-hydrogen) atoms. The molecule has 0 radical (unpaired) electrons. The molecule has 144 valence electrons. The molecule has 1 aromatic carbocycles. The van der Waals surface area contributed by atoms with Gasteiger partial charge in [0.15, 0.2) is 5.11 Å². The van der Waals surface area contributed by atoms with Gasteiger partial charge in [-0.25, -0.2) is 0 Å². The summed E-state index contributed by atoms with van der Waals surface area (Å²) < 4.78 is 2.35. The number of nitrogens with one attached hydrogen (secondary N) is 1. The van der Waals surface area contributed by atoms with Gasteiger partial charge in [-0.05, 0) is 86.9 Å². The number of benzene rings is 1. The lowest BCUT2D eigenvalue weighted by Crippen LogP contribution is -2.25. The molecule has 2 atom stereocenters. The maximum absolute atomic E-state index is 5.59. The standard InChI is InChI=1S/C23H26N4S/c1-14-10-15(2)12-18(11-14)27-16(3)13-19(17(27)4)22-21(25-23(28)26(22)5)20-8-6-7-9-24-20/h6-13,21-22H,1-5H3,(H,25,28)/t21-,22-/m0/s1. The van der Waals surface area contributed by atoms with Crippen molar-refractivity contribution in [1.82, 2.24) is 19.8 Å². The van der Waals surface area contributed by atoms with E-state index in [4.69, 9.17) is 12.2 Å². The molecule has 1 aliphatic heterocycles. The third-order valence-electron chi connectivity index (χ3n) is 5.59. The molecule has 1 aliphatic rings. The van der Waals surface area contributed by atoms with Gasteiger partial charge in [-0.1, -0.05) is 12.1 Å². The van der Waals surface area contributed by atoms with Gasteiger partial charge < -0.3 is 14.8 Å². The summed E-state index contributed by atoms with van der Waals surface area (Å²) in [7, 11) is 2.06. The normalized spacial score (nSPS) is 19.2. The zero-order valence-corrected chi connectivity index (χ0v) is 17.8. The smallest absolute Gasteiger partial charge is 0.169 e. The summed E-state index contributed by atoms with van der Waals surface area (Å²) in [6.45, 7) is 8.67. The molecular weight excluding hydrogens is 364 g/mol. The Morgan fingerprint density at radius 1 is 1.00 bits per heavy atom. The fourth-order valence-electron chi connectivity index (χ4n) is 4.41. The predicted molar refractivity (Wildman–Crippen MR) is 118 cm³/mol. The molecule has 3 heterocycles. The van der Waals surface area contributed by atoms with Gasteiger partial charge in [-0.15, -0.1) is 0 Å². The second-order valence-electron chi connectivity index (χ2n) is 7.75. The summed E-state index contributed by atoms with van der Waals surface area (Å²) in [5.74, 6) is 0. The first-order valence-electron chi connectivity index (χ1n) is 9.58. The molecular formula is C23H26N4S. The van der Waals surface area contributed by atoms with E-state index >= 15 is 0 Å². The molecule has 5 heteroatoms. The molecule has 0 aliphatic carbocycles. The van der Waals surface area contributed by atoms with Crippen molar-refractivity contribution in [2.45, 2.75) is 39.8 Å². The van der Waals surface area contributed by atoms with Crippen LogP contribution in [0.15, 0.2) is 48.7 Å². The van der Waals surface area contributed by atoms with Crippen molar-refractivity contribution in [3.05, 3.63) is 82.4 Å². The first-order valence-corrected chi connectivity index (χ1v) is 9.99. The second kappa shape index (κ2) is 7.06. The zero-order valence-electron chi connectivity index (χ0n) is 17.0. The maximum atomic E-state index is 5.59. The largest absolute Gasteiger partial charge is 0.352 e. The van der Waals surface area contributed by atoms with E-state index in [1.165, 1.54) is 33.8 Å². The van der Waals surface area contributed by atoms with Gasteiger partial charge in [0.1, 0.15) is 0 Å². The monoisotopic (exact) mass is 390 g/mol. The molecule has 2 aromatic heterocycles. The van der Waals surface area contributed by atoms with Crippen molar-refractivity contribution in [2.24, 2.45) is 0 Å². The first-order chi connectivity index (χ1) is 13.4. The Kier molecular flexibility index (Phi) is 4.71. The molecule has 0 spiro atoms. The van der Waals surface area contributed by atoms with E-state index in [0.29, 0.717) is 0 Å². The lowest BCUT2D eigenvalue weighted by atomic mass is 9.97. The van der Waals surface area contributed by atoms with Gasteiger partial charge in [0.25, 0.3) is 0 Å². The van der Waals surface area contributed by atoms with E-state index in [1.807, 2.05) is 18.3 Å². The summed E-state index contributed by atoms with van der Waals surface area (Å²) in [5.41, 5.74) is 8.52. The van der Waals surface area contributed by atoms with E-state index in [0.717, 1.165) is 10.8 Å². The minimum atomic E-state index is 0.0342. The van der Waals surface area contributed by atoms with E-state index in [-0.39, 0.29) is 12.1 Å². The van der Waals surface area contributed by atoms with Crippen LogP contribution in [-0.2, 0) is 0 Å². The fraction of sp³-hybridized carbons (Fsp3) is 0.304. The Balaban J connectivity index is 1.83. The van der Waals surface area contributed by atoms with Crippen LogP contribution in [0.3, 0.4) is 0 Å². The van der Waals surface area contributed by atoms with Crippen LogP contribution in [0.4, 0.5) is 0 Å². The van der Waals surface area contributed by atoms with Crippen molar-refractivity contribution in [1.29, 1.82) is 0 Å². The highest BCUT2D eigenvalue weighted by atomic mass is 32.1. The van der Waals surface area contributed by atoms with Gasteiger partial charge in [0, 0.05) is 30.3 Å². The van der Waals surface area contributed by atoms with Crippen LogP contribution in [0.1, 0.15) is 45.9 Å². The Hall–Kier alpha value is -2.66.